The minimum Gasteiger partial charge on any atom is -0.444 e. The number of anilines is 3. The Morgan fingerprint density at radius 2 is 1.59 bits per heavy atom. The van der Waals surface area contributed by atoms with E-state index in [1.165, 1.54) is 22.7 Å². The van der Waals surface area contributed by atoms with Crippen LogP contribution in [0.3, 0.4) is 0 Å². The predicted molar refractivity (Wildman–Crippen MR) is 156 cm³/mol. The summed E-state index contributed by atoms with van der Waals surface area (Å²) < 4.78 is 33.6. The lowest BCUT2D eigenvalue weighted by Crippen LogP contribution is -2.39. The van der Waals surface area contributed by atoms with Crippen molar-refractivity contribution >= 4 is 56.1 Å². The number of thiophene rings is 1. The van der Waals surface area contributed by atoms with Crippen LogP contribution in [0.2, 0.25) is 0 Å². The molecule has 3 aromatic rings. The van der Waals surface area contributed by atoms with Crippen molar-refractivity contribution in [1.29, 1.82) is 0 Å². The maximum atomic E-state index is 13.3. The van der Waals surface area contributed by atoms with Gasteiger partial charge in [-0.25, -0.2) is 18.0 Å². The van der Waals surface area contributed by atoms with Gasteiger partial charge in [0, 0.05) is 36.4 Å². The second-order valence-corrected chi connectivity index (χ2v) is 13.3. The number of benzene rings is 2. The van der Waals surface area contributed by atoms with E-state index in [-0.39, 0.29) is 10.3 Å². The number of rotatable bonds is 6. The van der Waals surface area contributed by atoms with Crippen molar-refractivity contribution in [3.8, 4) is 0 Å². The number of ether oxygens (including phenoxy) is 1. The highest BCUT2D eigenvalue weighted by atomic mass is 32.2. The fourth-order valence-corrected chi connectivity index (χ4v) is 6.60. The second-order valence-electron chi connectivity index (χ2n) is 9.99. The van der Waals surface area contributed by atoms with Gasteiger partial charge in [0.2, 0.25) is 0 Å². The molecule has 206 valence electrons. The number of para-hydroxylation sites is 1. The number of nitrogens with zero attached hydrogens (tertiary/aromatic N) is 2. The third-order valence-electron chi connectivity index (χ3n) is 5.89. The number of hydrogen-bond donors (Lipinski definition) is 2. The van der Waals surface area contributed by atoms with Gasteiger partial charge in [0.05, 0.1) is 5.69 Å². The third kappa shape index (κ3) is 7.18. The van der Waals surface area contributed by atoms with Gasteiger partial charge in [-0.1, -0.05) is 24.3 Å². The van der Waals surface area contributed by atoms with Gasteiger partial charge >= 0.3 is 12.1 Å². The summed E-state index contributed by atoms with van der Waals surface area (Å²) in [5, 5.41) is 5.47. The summed E-state index contributed by atoms with van der Waals surface area (Å²) in [5.41, 5.74) is 2.10. The first-order chi connectivity index (χ1) is 18.4. The fourth-order valence-electron chi connectivity index (χ4n) is 3.86. The van der Waals surface area contributed by atoms with E-state index in [0.29, 0.717) is 36.6 Å². The molecule has 0 bridgehead atoms. The number of hydrogen-bond acceptors (Lipinski definition) is 6. The van der Waals surface area contributed by atoms with Crippen LogP contribution in [-0.4, -0.2) is 51.2 Å². The molecule has 3 amide bonds. The first kappa shape index (κ1) is 28.2. The summed E-state index contributed by atoms with van der Waals surface area (Å²) in [6.07, 6.45) is 2.20. The van der Waals surface area contributed by atoms with Gasteiger partial charge in [0.15, 0.2) is 0 Å². The van der Waals surface area contributed by atoms with Crippen molar-refractivity contribution in [2.75, 3.05) is 35.1 Å². The van der Waals surface area contributed by atoms with Crippen molar-refractivity contribution < 1.29 is 22.7 Å². The average molecular weight is 569 g/mol. The normalized spacial score (nSPS) is 13.8. The van der Waals surface area contributed by atoms with Crippen molar-refractivity contribution in [1.82, 2.24) is 4.90 Å². The summed E-state index contributed by atoms with van der Waals surface area (Å²) >= 11 is 1.20. The average Bonchev–Trinajstić information content (AvgIpc) is 3.40. The highest BCUT2D eigenvalue weighted by Crippen LogP contribution is 2.34. The van der Waals surface area contributed by atoms with Crippen LogP contribution in [0.1, 0.15) is 32.1 Å². The van der Waals surface area contributed by atoms with Crippen molar-refractivity contribution in [2.45, 2.75) is 37.0 Å². The second kappa shape index (κ2) is 11.5. The lowest BCUT2D eigenvalue weighted by molar-refractivity contribution is 0.0270. The van der Waals surface area contributed by atoms with E-state index in [1.54, 1.807) is 53.4 Å². The van der Waals surface area contributed by atoms with Gasteiger partial charge < -0.3 is 20.3 Å². The molecule has 0 saturated carbocycles. The molecule has 0 radical (unpaired) electrons. The summed E-state index contributed by atoms with van der Waals surface area (Å²) in [7, 11) is -2.29. The Morgan fingerprint density at radius 1 is 0.949 bits per heavy atom. The SMILES string of the molecule is CN(c1ccc(NC(=O)Nc2ccccc2)cc1)S(=O)(=O)c1ccc(C2=CCN(C(=O)OC(C)(C)C)CC2)s1. The van der Waals surface area contributed by atoms with Crippen LogP contribution in [0.4, 0.5) is 26.7 Å². The molecule has 1 aromatic heterocycles. The smallest absolute Gasteiger partial charge is 0.410 e. The van der Waals surface area contributed by atoms with E-state index in [2.05, 4.69) is 10.6 Å². The molecular formula is C28H32N4O5S2. The molecule has 2 N–H and O–H groups in total. The van der Waals surface area contributed by atoms with Gasteiger partial charge in [0.25, 0.3) is 10.0 Å². The van der Waals surface area contributed by atoms with E-state index in [4.69, 9.17) is 4.74 Å². The third-order valence-corrected chi connectivity index (χ3v) is 9.31. The maximum Gasteiger partial charge on any atom is 0.410 e. The van der Waals surface area contributed by atoms with Gasteiger partial charge in [-0.15, -0.1) is 11.3 Å². The fraction of sp³-hybridized carbons (Fsp3) is 0.286. The van der Waals surface area contributed by atoms with Crippen molar-refractivity contribution in [3.05, 3.63) is 77.7 Å². The first-order valence-corrected chi connectivity index (χ1v) is 14.7. The summed E-state index contributed by atoms with van der Waals surface area (Å²) in [5.74, 6) is 0. The molecule has 2 aromatic carbocycles. The van der Waals surface area contributed by atoms with Gasteiger partial charge in [-0.3, -0.25) is 4.31 Å². The molecule has 9 nitrogen and oxygen atoms in total. The van der Waals surface area contributed by atoms with Crippen molar-refractivity contribution in [2.24, 2.45) is 0 Å². The zero-order valence-corrected chi connectivity index (χ0v) is 23.9. The molecule has 0 atom stereocenters. The molecule has 0 spiro atoms. The van der Waals surface area contributed by atoms with Gasteiger partial charge in [0.1, 0.15) is 9.81 Å². The molecule has 11 heteroatoms. The first-order valence-electron chi connectivity index (χ1n) is 12.4. The van der Waals surface area contributed by atoms with E-state index in [0.717, 1.165) is 10.5 Å². The maximum absolute atomic E-state index is 13.3. The Labute approximate surface area is 233 Å². The van der Waals surface area contributed by atoms with Crippen LogP contribution in [0.25, 0.3) is 5.57 Å². The van der Waals surface area contributed by atoms with Crippen molar-refractivity contribution in [3.63, 3.8) is 0 Å². The minimum atomic E-state index is -3.79. The standard InChI is InChI=1S/C28H32N4O5S2/c1-28(2,3)37-27(34)32-18-16-20(17-19-32)24-14-15-25(38-24)39(35,36)31(4)23-12-10-22(11-13-23)30-26(33)29-21-8-6-5-7-9-21/h5-16H,17-19H2,1-4H3,(H2,29,30,33). The zero-order valence-electron chi connectivity index (χ0n) is 22.3. The van der Waals surface area contributed by atoms with Crippen LogP contribution in [-0.2, 0) is 14.8 Å². The van der Waals surface area contributed by atoms with Crippen LogP contribution < -0.4 is 14.9 Å². The Bertz CT molecular complexity index is 1460. The quantitative estimate of drug-likeness (QED) is 0.366. The van der Waals surface area contributed by atoms with Crippen LogP contribution in [0, 0.1) is 0 Å². The molecule has 0 aliphatic carbocycles. The molecule has 4 rings (SSSR count). The number of urea groups is 1. The molecule has 0 fully saturated rings. The Morgan fingerprint density at radius 3 is 2.18 bits per heavy atom. The monoisotopic (exact) mass is 568 g/mol. The molecule has 1 aliphatic heterocycles. The summed E-state index contributed by atoms with van der Waals surface area (Å²) in [6, 6.07) is 18.7. The lowest BCUT2D eigenvalue weighted by atomic mass is 10.1. The van der Waals surface area contributed by atoms with Crippen LogP contribution in [0.15, 0.2) is 77.0 Å². The highest BCUT2D eigenvalue weighted by molar-refractivity contribution is 7.94. The van der Waals surface area contributed by atoms with Gasteiger partial charge in [-0.2, -0.15) is 0 Å². The van der Waals surface area contributed by atoms with Crippen LogP contribution in [0.5, 0.6) is 0 Å². The van der Waals surface area contributed by atoms with Gasteiger partial charge in [-0.05, 0) is 81.3 Å². The lowest BCUT2D eigenvalue weighted by Gasteiger charge is -2.29. The van der Waals surface area contributed by atoms with E-state index in [1.807, 2.05) is 45.0 Å². The molecule has 39 heavy (non-hydrogen) atoms. The predicted octanol–water partition coefficient (Wildman–Crippen LogP) is 6.24. The number of sulfonamides is 1. The Balaban J connectivity index is 1.39. The largest absolute Gasteiger partial charge is 0.444 e. The number of amides is 3. The van der Waals surface area contributed by atoms with E-state index >= 15 is 0 Å². The molecular weight excluding hydrogens is 536 g/mol. The topological polar surface area (TPSA) is 108 Å². The molecule has 1 aliphatic rings. The summed E-state index contributed by atoms with van der Waals surface area (Å²) in [6.45, 7) is 6.41. The molecule has 0 unspecified atom stereocenters. The van der Waals surface area contributed by atoms with E-state index in [9.17, 15) is 18.0 Å². The zero-order chi connectivity index (χ0) is 28.2. The summed E-state index contributed by atoms with van der Waals surface area (Å²) in [4.78, 5) is 27.0. The number of carbonyl (C=O) groups excluding carboxylic acids is 2. The van der Waals surface area contributed by atoms with Crippen LogP contribution >= 0.6 is 11.3 Å². The Hall–Kier alpha value is -3.83. The van der Waals surface area contributed by atoms with E-state index < -0.39 is 21.7 Å². The Kier molecular flexibility index (Phi) is 8.31. The number of carbonyl (C=O) groups is 2. The molecule has 0 saturated heterocycles. The number of nitrogens with one attached hydrogen (secondary N) is 2. The molecule has 2 heterocycles. The minimum absolute atomic E-state index is 0.222. The highest BCUT2D eigenvalue weighted by Gasteiger charge is 2.27.